The van der Waals surface area contributed by atoms with Gasteiger partial charge in [0.15, 0.2) is 0 Å². The van der Waals surface area contributed by atoms with Crippen LogP contribution >= 0.6 is 11.6 Å². The minimum absolute atomic E-state index is 0.0744. The van der Waals surface area contributed by atoms with E-state index in [1.54, 1.807) is 6.07 Å². The number of hydrogen-bond donors (Lipinski definition) is 1. The van der Waals surface area contributed by atoms with E-state index in [0.29, 0.717) is 5.02 Å². The summed E-state index contributed by atoms with van der Waals surface area (Å²) in [6.07, 6.45) is 2.40. The molecule has 0 radical (unpaired) electrons. The van der Waals surface area contributed by atoms with Crippen LogP contribution in [0.1, 0.15) is 23.6 Å². The van der Waals surface area contributed by atoms with Crippen molar-refractivity contribution in [1.82, 2.24) is 4.90 Å². The molecule has 1 amide bonds. The summed E-state index contributed by atoms with van der Waals surface area (Å²) in [5, 5.41) is 3.58. The Labute approximate surface area is 165 Å². The number of nitrogens with one attached hydrogen (secondary N) is 1. The zero-order valence-electron chi connectivity index (χ0n) is 15.8. The first-order valence-corrected chi connectivity index (χ1v) is 9.59. The van der Waals surface area contributed by atoms with Crippen molar-refractivity contribution in [2.24, 2.45) is 0 Å². The Hall–Kier alpha value is -2.30. The molecule has 0 unspecified atom stereocenters. The van der Waals surface area contributed by atoms with Gasteiger partial charge < -0.3 is 15.0 Å². The van der Waals surface area contributed by atoms with Gasteiger partial charge in [-0.2, -0.15) is 0 Å². The molecule has 0 aromatic heterocycles. The molecule has 0 atom stereocenters. The first kappa shape index (κ1) is 19.5. The van der Waals surface area contributed by atoms with Crippen LogP contribution in [-0.2, 0) is 16.0 Å². The lowest BCUT2D eigenvalue weighted by molar-refractivity contribution is -0.115. The van der Waals surface area contributed by atoms with E-state index in [9.17, 15) is 4.79 Å². The average Bonchev–Trinajstić information content (AvgIpc) is 2.67. The molecule has 1 saturated heterocycles. The zero-order chi connectivity index (χ0) is 19.2. The largest absolute Gasteiger partial charge is 0.378 e. The van der Waals surface area contributed by atoms with Crippen molar-refractivity contribution in [2.75, 3.05) is 31.6 Å². The maximum atomic E-state index is 12.4. The molecule has 1 aliphatic heterocycles. The number of morpholine rings is 1. The van der Waals surface area contributed by atoms with Crippen LogP contribution in [0.3, 0.4) is 0 Å². The summed E-state index contributed by atoms with van der Waals surface area (Å²) in [7, 11) is 0. The lowest BCUT2D eigenvalue weighted by atomic mass is 10.0. The van der Waals surface area contributed by atoms with Crippen molar-refractivity contribution >= 4 is 28.9 Å². The number of allylic oxidation sites excluding steroid dienone is 1. The molecule has 142 valence electrons. The number of nitrogens with zero attached hydrogens (tertiary/aromatic N) is 1. The highest BCUT2D eigenvalue weighted by Gasteiger charge is 2.16. The van der Waals surface area contributed by atoms with E-state index in [0.717, 1.165) is 43.1 Å². The predicted molar refractivity (Wildman–Crippen MR) is 111 cm³/mol. The number of aryl methyl sites for hydroxylation is 1. The molecule has 0 bridgehead atoms. The second kappa shape index (κ2) is 9.07. The van der Waals surface area contributed by atoms with Gasteiger partial charge >= 0.3 is 0 Å². The van der Waals surface area contributed by atoms with Gasteiger partial charge in [-0.15, -0.1) is 0 Å². The fraction of sp³-hybridized carbons (Fsp3) is 0.318. The maximum Gasteiger partial charge on any atom is 0.228 e. The Balaban J connectivity index is 1.70. The highest BCUT2D eigenvalue weighted by Crippen LogP contribution is 2.26. The van der Waals surface area contributed by atoms with Crippen LogP contribution in [0.15, 0.2) is 48.5 Å². The molecule has 0 spiro atoms. The quantitative estimate of drug-likeness (QED) is 0.823. The molecule has 2 aromatic rings. The topological polar surface area (TPSA) is 41.6 Å². The van der Waals surface area contributed by atoms with E-state index in [1.165, 1.54) is 11.3 Å². The monoisotopic (exact) mass is 384 g/mol. The number of carbonyl (C=O) groups is 1. The molecule has 1 fully saturated rings. The SMILES string of the molecule is C/C=C(\c1ccc(NC(=O)Cc2ccccc2Cl)cc1C)N1CCOCC1. The van der Waals surface area contributed by atoms with Gasteiger partial charge in [0.05, 0.1) is 19.6 Å². The third kappa shape index (κ3) is 4.90. The van der Waals surface area contributed by atoms with Gasteiger partial charge in [0.25, 0.3) is 0 Å². The molecule has 27 heavy (non-hydrogen) atoms. The van der Waals surface area contributed by atoms with Crippen molar-refractivity contribution < 1.29 is 9.53 Å². The van der Waals surface area contributed by atoms with Crippen LogP contribution in [0.5, 0.6) is 0 Å². The fourth-order valence-corrected chi connectivity index (χ4v) is 3.56. The molecule has 4 nitrogen and oxygen atoms in total. The molecule has 0 saturated carbocycles. The number of carbonyl (C=O) groups excluding carboxylic acids is 1. The summed E-state index contributed by atoms with van der Waals surface area (Å²) in [5.41, 5.74) is 5.15. The van der Waals surface area contributed by atoms with Crippen molar-refractivity contribution in [1.29, 1.82) is 0 Å². The first-order valence-electron chi connectivity index (χ1n) is 9.22. The van der Waals surface area contributed by atoms with Crippen LogP contribution in [0.4, 0.5) is 5.69 Å². The molecule has 3 rings (SSSR count). The third-order valence-electron chi connectivity index (χ3n) is 4.72. The molecule has 5 heteroatoms. The second-order valence-electron chi connectivity index (χ2n) is 6.62. The molecule has 1 heterocycles. The molecule has 1 N–H and O–H groups in total. The Morgan fingerprint density at radius 2 is 1.96 bits per heavy atom. The number of halogens is 1. The summed E-state index contributed by atoms with van der Waals surface area (Å²) >= 11 is 6.14. The van der Waals surface area contributed by atoms with Crippen LogP contribution in [0.25, 0.3) is 5.70 Å². The van der Waals surface area contributed by atoms with Crippen molar-refractivity contribution in [3.63, 3.8) is 0 Å². The first-order chi connectivity index (χ1) is 13.1. The fourth-order valence-electron chi connectivity index (χ4n) is 3.36. The van der Waals surface area contributed by atoms with Gasteiger partial charge in [0, 0.05) is 35.1 Å². The van der Waals surface area contributed by atoms with Gasteiger partial charge in [-0.3, -0.25) is 4.79 Å². The van der Waals surface area contributed by atoms with Crippen LogP contribution in [0, 0.1) is 6.92 Å². The van der Waals surface area contributed by atoms with E-state index in [-0.39, 0.29) is 12.3 Å². The van der Waals surface area contributed by atoms with Crippen molar-refractivity contribution in [3.05, 3.63) is 70.3 Å². The van der Waals surface area contributed by atoms with Gasteiger partial charge in [0.1, 0.15) is 0 Å². The summed E-state index contributed by atoms with van der Waals surface area (Å²) in [6.45, 7) is 7.44. The lowest BCUT2D eigenvalue weighted by Gasteiger charge is -2.32. The molecular formula is C22H25ClN2O2. The Kier molecular flexibility index (Phi) is 6.54. The van der Waals surface area contributed by atoms with Gasteiger partial charge in [-0.1, -0.05) is 41.9 Å². The highest BCUT2D eigenvalue weighted by molar-refractivity contribution is 6.31. The summed E-state index contributed by atoms with van der Waals surface area (Å²) in [5.74, 6) is -0.0744. The third-order valence-corrected chi connectivity index (χ3v) is 5.09. The number of amides is 1. The van der Waals surface area contributed by atoms with Gasteiger partial charge in [-0.25, -0.2) is 0 Å². The van der Waals surface area contributed by atoms with E-state index in [4.69, 9.17) is 16.3 Å². The maximum absolute atomic E-state index is 12.4. The molecule has 0 aliphatic carbocycles. The smallest absolute Gasteiger partial charge is 0.228 e. The lowest BCUT2D eigenvalue weighted by Crippen LogP contribution is -2.35. The predicted octanol–water partition coefficient (Wildman–Crippen LogP) is 4.52. The van der Waals surface area contributed by atoms with E-state index < -0.39 is 0 Å². The molecular weight excluding hydrogens is 360 g/mol. The molecule has 2 aromatic carbocycles. The van der Waals surface area contributed by atoms with Crippen molar-refractivity contribution in [2.45, 2.75) is 20.3 Å². The van der Waals surface area contributed by atoms with Crippen LogP contribution in [0.2, 0.25) is 5.02 Å². The second-order valence-corrected chi connectivity index (χ2v) is 7.03. The van der Waals surface area contributed by atoms with Gasteiger partial charge in [0.2, 0.25) is 5.91 Å². The van der Waals surface area contributed by atoms with Gasteiger partial charge in [-0.05, 0) is 43.2 Å². The van der Waals surface area contributed by atoms with E-state index in [1.807, 2.05) is 30.3 Å². The standard InChI is InChI=1S/C22H25ClN2O2/c1-3-21(25-10-12-27-13-11-25)19-9-8-18(14-16(19)2)24-22(26)15-17-6-4-5-7-20(17)23/h3-9,14H,10-13,15H2,1-2H3,(H,24,26)/b21-3+. The minimum Gasteiger partial charge on any atom is -0.378 e. The summed E-state index contributed by atoms with van der Waals surface area (Å²) in [6, 6.07) is 13.5. The highest BCUT2D eigenvalue weighted by atomic mass is 35.5. The van der Waals surface area contributed by atoms with E-state index >= 15 is 0 Å². The van der Waals surface area contributed by atoms with Crippen molar-refractivity contribution in [3.8, 4) is 0 Å². The number of rotatable bonds is 5. The Morgan fingerprint density at radius 3 is 2.63 bits per heavy atom. The van der Waals surface area contributed by atoms with Crippen LogP contribution < -0.4 is 5.32 Å². The van der Waals surface area contributed by atoms with E-state index in [2.05, 4.69) is 36.2 Å². The van der Waals surface area contributed by atoms with Crippen LogP contribution in [-0.4, -0.2) is 37.1 Å². The number of hydrogen-bond acceptors (Lipinski definition) is 3. The normalized spacial score (nSPS) is 14.9. The molecule has 1 aliphatic rings. The summed E-state index contributed by atoms with van der Waals surface area (Å²) in [4.78, 5) is 14.7. The minimum atomic E-state index is -0.0744. The Bertz CT molecular complexity index is 842. The number of benzene rings is 2. The average molecular weight is 385 g/mol. The zero-order valence-corrected chi connectivity index (χ0v) is 16.6. The summed E-state index contributed by atoms with van der Waals surface area (Å²) < 4.78 is 5.45. The Morgan fingerprint density at radius 1 is 1.22 bits per heavy atom. The number of anilines is 1. The number of ether oxygens (including phenoxy) is 1.